The minimum absolute atomic E-state index is 0.154. The van der Waals surface area contributed by atoms with Gasteiger partial charge in [-0.3, -0.25) is 9.98 Å². The Labute approximate surface area is 196 Å². The van der Waals surface area contributed by atoms with Crippen molar-refractivity contribution in [1.29, 1.82) is 0 Å². The molecule has 1 aliphatic heterocycles. The summed E-state index contributed by atoms with van der Waals surface area (Å²) in [6.45, 7) is 5.62. The first-order chi connectivity index (χ1) is 16.2. The second-order valence-corrected chi connectivity index (χ2v) is 8.33. The van der Waals surface area contributed by atoms with Crippen molar-refractivity contribution in [1.82, 2.24) is 15.6 Å². The van der Waals surface area contributed by atoms with Gasteiger partial charge in [-0.2, -0.15) is 0 Å². The number of rotatable bonds is 8. The highest BCUT2D eigenvalue weighted by molar-refractivity contribution is 5.80. The van der Waals surface area contributed by atoms with Crippen molar-refractivity contribution in [2.75, 3.05) is 25.0 Å². The lowest BCUT2D eigenvalue weighted by atomic mass is 10.1. The topological polar surface area (TPSA) is 61.8 Å². The number of guanidine groups is 1. The maximum absolute atomic E-state index is 5.82. The van der Waals surface area contributed by atoms with Crippen molar-refractivity contribution in [3.05, 3.63) is 89.7 Å². The number of hydrogen-bond acceptors (Lipinski definition) is 4. The lowest BCUT2D eigenvalue weighted by molar-refractivity contribution is 0.301. The van der Waals surface area contributed by atoms with Crippen LogP contribution in [0.15, 0.2) is 77.9 Å². The van der Waals surface area contributed by atoms with E-state index in [0.717, 1.165) is 36.1 Å². The van der Waals surface area contributed by atoms with Crippen LogP contribution in [-0.4, -0.2) is 31.1 Å². The van der Waals surface area contributed by atoms with E-state index in [0.29, 0.717) is 13.2 Å². The normalized spacial score (nSPS) is 14.7. The zero-order valence-corrected chi connectivity index (χ0v) is 19.5. The molecular weight excluding hydrogens is 410 g/mol. The Balaban J connectivity index is 1.27. The molecule has 1 atom stereocenters. The van der Waals surface area contributed by atoms with Crippen LogP contribution in [0, 0.1) is 0 Å². The zero-order chi connectivity index (χ0) is 22.9. The molecule has 6 heteroatoms. The summed E-state index contributed by atoms with van der Waals surface area (Å²) in [5.41, 5.74) is 4.65. The largest absolute Gasteiger partial charge is 0.487 e. The molecule has 33 heavy (non-hydrogen) atoms. The van der Waals surface area contributed by atoms with Crippen molar-refractivity contribution in [2.45, 2.75) is 39.0 Å². The van der Waals surface area contributed by atoms with E-state index in [1.165, 1.54) is 24.1 Å². The average molecular weight is 444 g/mol. The summed E-state index contributed by atoms with van der Waals surface area (Å²) in [5, 5.41) is 6.92. The van der Waals surface area contributed by atoms with Gasteiger partial charge in [0.1, 0.15) is 12.4 Å². The second-order valence-electron chi connectivity index (χ2n) is 8.33. The number of anilines is 1. The van der Waals surface area contributed by atoms with Crippen LogP contribution in [0.4, 0.5) is 5.69 Å². The SMILES string of the molecule is CN=C(NCc1ccc(OCc2ccccn2)cc1)NC(C)c1cccc(N2CCCC2)c1. The van der Waals surface area contributed by atoms with E-state index in [1.807, 2.05) is 30.3 Å². The molecule has 2 N–H and O–H groups in total. The van der Waals surface area contributed by atoms with E-state index in [9.17, 15) is 0 Å². The zero-order valence-electron chi connectivity index (χ0n) is 19.5. The molecule has 2 heterocycles. The van der Waals surface area contributed by atoms with Gasteiger partial charge >= 0.3 is 0 Å². The number of benzene rings is 2. The summed E-state index contributed by atoms with van der Waals surface area (Å²) in [6.07, 6.45) is 4.34. The molecule has 4 rings (SSSR count). The first-order valence-corrected chi connectivity index (χ1v) is 11.6. The predicted molar refractivity (Wildman–Crippen MR) is 135 cm³/mol. The molecule has 6 nitrogen and oxygen atoms in total. The van der Waals surface area contributed by atoms with Crippen molar-refractivity contribution in [3.8, 4) is 5.75 Å². The Morgan fingerprint density at radius 2 is 1.88 bits per heavy atom. The minimum Gasteiger partial charge on any atom is -0.487 e. The van der Waals surface area contributed by atoms with Crippen molar-refractivity contribution in [2.24, 2.45) is 4.99 Å². The van der Waals surface area contributed by atoms with Gasteiger partial charge in [0.05, 0.1) is 11.7 Å². The molecule has 0 amide bonds. The number of aromatic nitrogens is 1. The first kappa shape index (κ1) is 22.6. The van der Waals surface area contributed by atoms with Gasteiger partial charge in [-0.25, -0.2) is 0 Å². The number of hydrogen-bond donors (Lipinski definition) is 2. The van der Waals surface area contributed by atoms with Crippen LogP contribution >= 0.6 is 0 Å². The molecule has 1 saturated heterocycles. The molecule has 1 aliphatic rings. The molecular formula is C27H33N5O. The summed E-state index contributed by atoms with van der Waals surface area (Å²) in [5.74, 6) is 1.61. The molecule has 172 valence electrons. The minimum atomic E-state index is 0.154. The molecule has 0 radical (unpaired) electrons. The third kappa shape index (κ3) is 6.48. The maximum atomic E-state index is 5.82. The number of aliphatic imine (C=N–C) groups is 1. The fourth-order valence-electron chi connectivity index (χ4n) is 3.98. The van der Waals surface area contributed by atoms with Crippen LogP contribution < -0.4 is 20.3 Å². The van der Waals surface area contributed by atoms with Gasteiger partial charge in [0, 0.05) is 38.6 Å². The molecule has 2 aromatic carbocycles. The van der Waals surface area contributed by atoms with Crippen molar-refractivity contribution in [3.63, 3.8) is 0 Å². The smallest absolute Gasteiger partial charge is 0.191 e. The number of nitrogens with zero attached hydrogens (tertiary/aromatic N) is 3. The van der Waals surface area contributed by atoms with Crippen LogP contribution in [0.1, 0.15) is 42.6 Å². The van der Waals surface area contributed by atoms with E-state index in [2.05, 4.69) is 68.8 Å². The van der Waals surface area contributed by atoms with Gasteiger partial charge in [-0.1, -0.05) is 30.3 Å². The number of nitrogens with one attached hydrogen (secondary N) is 2. The summed E-state index contributed by atoms with van der Waals surface area (Å²) < 4.78 is 5.82. The summed E-state index contributed by atoms with van der Waals surface area (Å²) in [7, 11) is 1.80. The molecule has 3 aromatic rings. The summed E-state index contributed by atoms with van der Waals surface area (Å²) in [6, 6.07) is 22.9. The van der Waals surface area contributed by atoms with E-state index in [4.69, 9.17) is 4.74 Å². The Kier molecular flexibility index (Phi) is 7.80. The standard InChI is InChI=1S/C27H33N5O/c1-21(23-8-7-10-25(18-23)32-16-5-6-17-32)31-27(28-2)30-19-22-11-13-26(14-12-22)33-20-24-9-3-4-15-29-24/h3-4,7-15,18,21H,5-6,16-17,19-20H2,1-2H3,(H2,28,30,31). The highest BCUT2D eigenvalue weighted by atomic mass is 16.5. The van der Waals surface area contributed by atoms with E-state index < -0.39 is 0 Å². The van der Waals surface area contributed by atoms with Crippen LogP contribution in [0.2, 0.25) is 0 Å². The summed E-state index contributed by atoms with van der Waals surface area (Å²) in [4.78, 5) is 11.1. The number of pyridine rings is 1. The van der Waals surface area contributed by atoms with E-state index in [1.54, 1.807) is 13.2 Å². The molecule has 1 aromatic heterocycles. The monoisotopic (exact) mass is 443 g/mol. The van der Waals surface area contributed by atoms with Gasteiger partial charge in [0.25, 0.3) is 0 Å². The first-order valence-electron chi connectivity index (χ1n) is 11.6. The molecule has 0 spiro atoms. The molecule has 1 unspecified atom stereocenters. The Morgan fingerprint density at radius 1 is 1.06 bits per heavy atom. The predicted octanol–water partition coefficient (Wildman–Crippen LogP) is 4.69. The quantitative estimate of drug-likeness (QED) is 0.391. The Bertz CT molecular complexity index is 1030. The highest BCUT2D eigenvalue weighted by Gasteiger charge is 2.14. The van der Waals surface area contributed by atoms with E-state index >= 15 is 0 Å². The fraction of sp³-hybridized carbons (Fsp3) is 0.333. The van der Waals surface area contributed by atoms with Gasteiger partial charge in [-0.05, 0) is 67.3 Å². The summed E-state index contributed by atoms with van der Waals surface area (Å²) >= 11 is 0. The van der Waals surface area contributed by atoms with Crippen molar-refractivity contribution < 1.29 is 4.74 Å². The Hall–Kier alpha value is -3.54. The maximum Gasteiger partial charge on any atom is 0.191 e. The van der Waals surface area contributed by atoms with Crippen LogP contribution in [0.5, 0.6) is 5.75 Å². The van der Waals surface area contributed by atoms with Gasteiger partial charge < -0.3 is 20.3 Å². The van der Waals surface area contributed by atoms with Crippen LogP contribution in [0.3, 0.4) is 0 Å². The van der Waals surface area contributed by atoms with Gasteiger partial charge in [0.15, 0.2) is 5.96 Å². The van der Waals surface area contributed by atoms with Gasteiger partial charge in [-0.15, -0.1) is 0 Å². The van der Waals surface area contributed by atoms with Crippen LogP contribution in [-0.2, 0) is 13.2 Å². The highest BCUT2D eigenvalue weighted by Crippen LogP contribution is 2.24. The Morgan fingerprint density at radius 3 is 2.61 bits per heavy atom. The third-order valence-corrected chi connectivity index (χ3v) is 5.91. The lowest BCUT2D eigenvalue weighted by Gasteiger charge is -2.22. The van der Waals surface area contributed by atoms with E-state index in [-0.39, 0.29) is 6.04 Å². The fourth-order valence-corrected chi connectivity index (χ4v) is 3.98. The van der Waals surface area contributed by atoms with Crippen LogP contribution in [0.25, 0.3) is 0 Å². The van der Waals surface area contributed by atoms with Gasteiger partial charge in [0.2, 0.25) is 0 Å². The molecule has 0 saturated carbocycles. The lowest BCUT2D eigenvalue weighted by Crippen LogP contribution is -2.38. The second kappa shape index (κ2) is 11.4. The third-order valence-electron chi connectivity index (χ3n) is 5.91. The average Bonchev–Trinajstić information content (AvgIpc) is 3.42. The van der Waals surface area contributed by atoms with Crippen molar-refractivity contribution >= 4 is 11.6 Å². The molecule has 0 aliphatic carbocycles. The molecule has 1 fully saturated rings. The molecule has 0 bridgehead atoms. The number of ether oxygens (including phenoxy) is 1.